The monoisotopic (exact) mass is 287 g/mol. The largest absolute Gasteiger partial charge is 0.475 e. The van der Waals surface area contributed by atoms with Crippen molar-refractivity contribution in [2.24, 2.45) is 0 Å². The van der Waals surface area contributed by atoms with Crippen LogP contribution in [0.3, 0.4) is 0 Å². The maximum absolute atomic E-state index is 10.8. The van der Waals surface area contributed by atoms with Gasteiger partial charge in [0.15, 0.2) is 11.5 Å². The number of hydrogen-bond donors (Lipinski definition) is 1. The standard InChI is InChI=1S/C15H13NO5/c17-14(18)13-8-10(16-21-13)9-3-4-11-12(7-9)20-15(19-11)5-1-2-6-15/h3-4,7-8H,1-2,5-6H2,(H,17,18). The van der Waals surface area contributed by atoms with Gasteiger partial charge in [-0.25, -0.2) is 4.79 Å². The molecule has 0 amide bonds. The molecule has 6 heteroatoms. The number of ether oxygens (including phenoxy) is 2. The van der Waals surface area contributed by atoms with Gasteiger partial charge < -0.3 is 19.1 Å². The number of hydrogen-bond acceptors (Lipinski definition) is 5. The Kier molecular flexibility index (Phi) is 2.48. The second kappa shape index (κ2) is 4.25. The van der Waals surface area contributed by atoms with Crippen molar-refractivity contribution in [3.63, 3.8) is 0 Å². The lowest BCUT2D eigenvalue weighted by Crippen LogP contribution is -2.34. The normalized spacial score (nSPS) is 18.3. The van der Waals surface area contributed by atoms with E-state index in [9.17, 15) is 4.79 Å². The van der Waals surface area contributed by atoms with Crippen molar-refractivity contribution in [3.8, 4) is 22.8 Å². The molecule has 1 fully saturated rings. The molecule has 108 valence electrons. The smallest absolute Gasteiger partial charge is 0.374 e. The lowest BCUT2D eigenvalue weighted by molar-refractivity contribution is -0.0716. The SMILES string of the molecule is O=C(O)c1cc(-c2ccc3c(c2)OC2(CCCC2)O3)no1. The van der Waals surface area contributed by atoms with Gasteiger partial charge in [-0.2, -0.15) is 0 Å². The van der Waals surface area contributed by atoms with E-state index in [-0.39, 0.29) is 5.76 Å². The molecule has 1 aliphatic carbocycles. The molecule has 2 heterocycles. The van der Waals surface area contributed by atoms with E-state index in [1.807, 2.05) is 18.2 Å². The summed E-state index contributed by atoms with van der Waals surface area (Å²) >= 11 is 0. The summed E-state index contributed by atoms with van der Waals surface area (Å²) < 4.78 is 16.7. The van der Waals surface area contributed by atoms with Gasteiger partial charge in [0, 0.05) is 24.5 Å². The Morgan fingerprint density at radius 2 is 1.90 bits per heavy atom. The molecule has 1 spiro atoms. The number of benzene rings is 1. The quantitative estimate of drug-likeness (QED) is 0.914. The number of rotatable bonds is 2. The molecule has 0 unspecified atom stereocenters. The highest BCUT2D eigenvalue weighted by atomic mass is 16.7. The molecule has 0 saturated heterocycles. The van der Waals surface area contributed by atoms with Crippen molar-refractivity contribution >= 4 is 5.97 Å². The maximum Gasteiger partial charge on any atom is 0.374 e. The number of carboxylic acid groups (broad SMARTS) is 1. The summed E-state index contributed by atoms with van der Waals surface area (Å²) in [6, 6.07) is 6.85. The van der Waals surface area contributed by atoms with Crippen LogP contribution >= 0.6 is 0 Å². The summed E-state index contributed by atoms with van der Waals surface area (Å²) in [7, 11) is 0. The third-order valence-electron chi connectivity index (χ3n) is 3.92. The van der Waals surface area contributed by atoms with Crippen LogP contribution in [-0.2, 0) is 0 Å². The first kappa shape index (κ1) is 12.3. The number of aromatic nitrogens is 1. The molecule has 2 aromatic rings. The zero-order valence-electron chi connectivity index (χ0n) is 11.2. The van der Waals surface area contributed by atoms with Gasteiger partial charge in [0.05, 0.1) is 0 Å². The summed E-state index contributed by atoms with van der Waals surface area (Å²) in [5, 5.41) is 12.6. The fourth-order valence-electron chi connectivity index (χ4n) is 2.88. The van der Waals surface area contributed by atoms with Crippen LogP contribution in [0.1, 0.15) is 36.2 Å². The van der Waals surface area contributed by atoms with E-state index < -0.39 is 11.8 Å². The van der Waals surface area contributed by atoms with Gasteiger partial charge in [-0.1, -0.05) is 5.16 Å². The second-order valence-corrected chi connectivity index (χ2v) is 5.36. The number of aromatic carboxylic acids is 1. The van der Waals surface area contributed by atoms with Crippen LogP contribution in [-0.4, -0.2) is 22.0 Å². The van der Waals surface area contributed by atoms with Crippen molar-refractivity contribution in [3.05, 3.63) is 30.0 Å². The minimum absolute atomic E-state index is 0.185. The summed E-state index contributed by atoms with van der Waals surface area (Å²) in [5.41, 5.74) is 1.20. The van der Waals surface area contributed by atoms with Crippen molar-refractivity contribution in [2.45, 2.75) is 31.5 Å². The number of carbonyl (C=O) groups is 1. The molecule has 1 N–H and O–H groups in total. The Balaban J connectivity index is 1.66. The number of fused-ring (bicyclic) bond motifs is 1. The summed E-state index contributed by atoms with van der Waals surface area (Å²) in [6.45, 7) is 0. The number of nitrogens with zero attached hydrogens (tertiary/aromatic N) is 1. The van der Waals surface area contributed by atoms with Crippen LogP contribution in [0.2, 0.25) is 0 Å². The minimum Gasteiger partial charge on any atom is -0.475 e. The molecule has 21 heavy (non-hydrogen) atoms. The molecule has 1 saturated carbocycles. The van der Waals surface area contributed by atoms with Crippen LogP contribution in [0.15, 0.2) is 28.8 Å². The fourth-order valence-corrected chi connectivity index (χ4v) is 2.88. The third kappa shape index (κ3) is 1.94. The van der Waals surface area contributed by atoms with Crippen molar-refractivity contribution in [1.82, 2.24) is 5.16 Å². The van der Waals surface area contributed by atoms with Gasteiger partial charge in [-0.3, -0.25) is 0 Å². The lowest BCUT2D eigenvalue weighted by atomic mass is 10.1. The van der Waals surface area contributed by atoms with Gasteiger partial charge in [0.1, 0.15) is 5.69 Å². The molecule has 0 radical (unpaired) electrons. The zero-order valence-corrected chi connectivity index (χ0v) is 11.2. The van der Waals surface area contributed by atoms with Crippen LogP contribution in [0.5, 0.6) is 11.5 Å². The molecular formula is C15H13NO5. The average molecular weight is 287 g/mol. The maximum atomic E-state index is 10.8. The van der Waals surface area contributed by atoms with E-state index in [4.69, 9.17) is 19.1 Å². The zero-order chi connectivity index (χ0) is 14.4. The predicted molar refractivity (Wildman–Crippen MR) is 71.4 cm³/mol. The van der Waals surface area contributed by atoms with Gasteiger partial charge >= 0.3 is 5.97 Å². The first-order chi connectivity index (χ1) is 10.2. The van der Waals surface area contributed by atoms with Crippen molar-refractivity contribution in [1.29, 1.82) is 0 Å². The Morgan fingerprint density at radius 1 is 1.14 bits per heavy atom. The molecule has 1 aromatic heterocycles. The average Bonchev–Trinajstić information content (AvgIpc) is 3.17. The molecule has 1 aliphatic heterocycles. The van der Waals surface area contributed by atoms with E-state index in [0.29, 0.717) is 11.4 Å². The highest BCUT2D eigenvalue weighted by Gasteiger charge is 2.44. The lowest BCUT2D eigenvalue weighted by Gasteiger charge is -2.21. The van der Waals surface area contributed by atoms with E-state index in [1.165, 1.54) is 6.07 Å². The predicted octanol–water partition coefficient (Wildman–Crippen LogP) is 3.08. The minimum atomic E-state index is -1.14. The molecule has 1 aromatic carbocycles. The first-order valence-corrected chi connectivity index (χ1v) is 6.88. The van der Waals surface area contributed by atoms with Crippen molar-refractivity contribution in [2.75, 3.05) is 0 Å². The van der Waals surface area contributed by atoms with E-state index in [2.05, 4.69) is 5.16 Å². The Labute approximate surface area is 120 Å². The van der Waals surface area contributed by atoms with E-state index in [0.717, 1.165) is 37.0 Å². The molecule has 6 nitrogen and oxygen atoms in total. The first-order valence-electron chi connectivity index (χ1n) is 6.88. The topological polar surface area (TPSA) is 81.8 Å². The fraction of sp³-hybridized carbons (Fsp3) is 0.333. The van der Waals surface area contributed by atoms with Gasteiger partial charge in [0.25, 0.3) is 5.79 Å². The van der Waals surface area contributed by atoms with Gasteiger partial charge in [-0.15, -0.1) is 0 Å². The van der Waals surface area contributed by atoms with Gasteiger partial charge in [-0.05, 0) is 31.0 Å². The Morgan fingerprint density at radius 3 is 2.62 bits per heavy atom. The summed E-state index contributed by atoms with van der Waals surface area (Å²) in [4.78, 5) is 10.8. The van der Waals surface area contributed by atoms with Crippen LogP contribution in [0.25, 0.3) is 11.3 Å². The van der Waals surface area contributed by atoms with Crippen LogP contribution in [0.4, 0.5) is 0 Å². The highest BCUT2D eigenvalue weighted by molar-refractivity contribution is 5.85. The Hall–Kier alpha value is -2.50. The molecular weight excluding hydrogens is 274 g/mol. The van der Waals surface area contributed by atoms with E-state index >= 15 is 0 Å². The van der Waals surface area contributed by atoms with Gasteiger partial charge in [0.2, 0.25) is 5.76 Å². The third-order valence-corrected chi connectivity index (χ3v) is 3.92. The Bertz CT molecular complexity index is 715. The van der Waals surface area contributed by atoms with Crippen LogP contribution in [0, 0.1) is 0 Å². The molecule has 0 bridgehead atoms. The second-order valence-electron chi connectivity index (χ2n) is 5.36. The molecule has 2 aliphatic rings. The molecule has 0 atom stereocenters. The summed E-state index contributed by atoms with van der Waals surface area (Å²) in [5.74, 6) is -0.428. The highest BCUT2D eigenvalue weighted by Crippen LogP contribution is 2.47. The molecule has 4 rings (SSSR count). The van der Waals surface area contributed by atoms with Crippen molar-refractivity contribution < 1.29 is 23.9 Å². The summed E-state index contributed by atoms with van der Waals surface area (Å²) in [6.07, 6.45) is 3.99. The number of carboxylic acids is 1. The van der Waals surface area contributed by atoms with Crippen LogP contribution < -0.4 is 9.47 Å². The van der Waals surface area contributed by atoms with E-state index in [1.54, 1.807) is 0 Å².